The molecule has 228 valence electrons. The normalized spacial score (nSPS) is 24.0. The van der Waals surface area contributed by atoms with Crippen molar-refractivity contribution in [3.63, 3.8) is 0 Å². The first-order valence-electron chi connectivity index (χ1n) is 16.8. The standard InChI is InChI=1S/C43H46N2/c1-30(29-45(4)32-16-6-5-7-17-32)42(44-3)43(2)27-15-14-24-41(43)39-23-13-8-18-33(39)31-25-26-38-36-21-10-9-19-34(36)35-20-11-12-22-37(35)40(38)28-31/h5-10,12-16,18-19,21-24,27-28,32,41-42,44H,1,11,17,20,25-26,29H2,2-4H3. The first-order chi connectivity index (χ1) is 22.0. The van der Waals surface area contributed by atoms with E-state index in [9.17, 15) is 0 Å². The first kappa shape index (κ1) is 29.7. The number of nitrogens with zero attached hydrogens (tertiary/aromatic N) is 1. The van der Waals surface area contributed by atoms with E-state index in [2.05, 4.69) is 147 Å². The van der Waals surface area contributed by atoms with Crippen LogP contribution in [-0.4, -0.2) is 37.6 Å². The zero-order valence-electron chi connectivity index (χ0n) is 27.1. The van der Waals surface area contributed by atoms with Crippen LogP contribution in [0.5, 0.6) is 0 Å². The first-order valence-corrected chi connectivity index (χ1v) is 16.8. The van der Waals surface area contributed by atoms with E-state index in [1.54, 1.807) is 0 Å². The van der Waals surface area contributed by atoms with Crippen LogP contribution in [0.2, 0.25) is 0 Å². The van der Waals surface area contributed by atoms with Crippen molar-refractivity contribution in [3.05, 3.63) is 149 Å². The van der Waals surface area contributed by atoms with Crippen molar-refractivity contribution < 1.29 is 0 Å². The van der Waals surface area contributed by atoms with Crippen LogP contribution in [0.15, 0.2) is 115 Å². The summed E-state index contributed by atoms with van der Waals surface area (Å²) in [4.78, 5) is 2.44. The van der Waals surface area contributed by atoms with Gasteiger partial charge < -0.3 is 5.32 Å². The Morgan fingerprint density at radius 2 is 1.67 bits per heavy atom. The third-order valence-electron chi connectivity index (χ3n) is 10.8. The molecule has 0 aliphatic heterocycles. The van der Waals surface area contributed by atoms with Crippen LogP contribution in [0.25, 0.3) is 28.5 Å². The van der Waals surface area contributed by atoms with E-state index in [0.29, 0.717) is 6.04 Å². The highest BCUT2D eigenvalue weighted by atomic mass is 15.1. The third-order valence-corrected chi connectivity index (χ3v) is 10.8. The minimum absolute atomic E-state index is 0.118. The van der Waals surface area contributed by atoms with Crippen molar-refractivity contribution in [1.82, 2.24) is 10.2 Å². The highest BCUT2D eigenvalue weighted by Crippen LogP contribution is 2.49. The van der Waals surface area contributed by atoms with Crippen LogP contribution in [0, 0.1) is 5.41 Å². The number of hydrogen-bond acceptors (Lipinski definition) is 2. The second-order valence-corrected chi connectivity index (χ2v) is 13.5. The molecule has 0 saturated heterocycles. The summed E-state index contributed by atoms with van der Waals surface area (Å²) in [6.45, 7) is 7.96. The molecule has 0 amide bonds. The number of rotatable bonds is 8. The van der Waals surface area contributed by atoms with Gasteiger partial charge in [0, 0.05) is 30.0 Å². The molecule has 0 fully saturated rings. The minimum Gasteiger partial charge on any atom is -0.312 e. The number of hydrogen-bond donors (Lipinski definition) is 1. The molecule has 4 aliphatic carbocycles. The lowest BCUT2D eigenvalue weighted by atomic mass is 9.63. The molecule has 0 spiro atoms. The van der Waals surface area contributed by atoms with E-state index in [1.807, 2.05) is 0 Å². The van der Waals surface area contributed by atoms with Crippen LogP contribution < -0.4 is 5.32 Å². The number of allylic oxidation sites excluding steroid dienone is 7. The van der Waals surface area contributed by atoms with Crippen LogP contribution in [-0.2, 0) is 12.8 Å². The Hall–Kier alpha value is -3.98. The quantitative estimate of drug-likeness (QED) is 0.263. The molecule has 7 rings (SSSR count). The topological polar surface area (TPSA) is 15.3 Å². The Morgan fingerprint density at radius 1 is 0.911 bits per heavy atom. The van der Waals surface area contributed by atoms with E-state index in [4.69, 9.17) is 6.58 Å². The average molecular weight is 591 g/mol. The van der Waals surface area contributed by atoms with E-state index in [1.165, 1.54) is 55.3 Å². The maximum atomic E-state index is 4.69. The highest BCUT2D eigenvalue weighted by molar-refractivity contribution is 6.00. The maximum absolute atomic E-state index is 4.69. The number of nitrogens with one attached hydrogen (secondary N) is 1. The van der Waals surface area contributed by atoms with Gasteiger partial charge in [0.05, 0.1) is 0 Å². The monoisotopic (exact) mass is 590 g/mol. The Kier molecular flexibility index (Phi) is 8.21. The molecule has 45 heavy (non-hydrogen) atoms. The molecule has 4 aliphatic rings. The molecule has 4 atom stereocenters. The van der Waals surface area contributed by atoms with E-state index in [0.717, 1.165) is 38.6 Å². The second kappa shape index (κ2) is 12.4. The van der Waals surface area contributed by atoms with Gasteiger partial charge in [0.15, 0.2) is 0 Å². The van der Waals surface area contributed by atoms with Crippen LogP contribution in [0.4, 0.5) is 0 Å². The van der Waals surface area contributed by atoms with Crippen molar-refractivity contribution in [2.75, 3.05) is 20.6 Å². The fourth-order valence-electron chi connectivity index (χ4n) is 8.57. The molecule has 0 bridgehead atoms. The van der Waals surface area contributed by atoms with Crippen LogP contribution >= 0.6 is 0 Å². The lowest BCUT2D eigenvalue weighted by Crippen LogP contribution is -2.48. The second-order valence-electron chi connectivity index (χ2n) is 13.5. The molecule has 0 aromatic heterocycles. The van der Waals surface area contributed by atoms with Gasteiger partial charge in [-0.1, -0.05) is 129 Å². The van der Waals surface area contributed by atoms with Gasteiger partial charge in [-0.25, -0.2) is 0 Å². The van der Waals surface area contributed by atoms with Gasteiger partial charge in [0.25, 0.3) is 0 Å². The maximum Gasteiger partial charge on any atom is 0.0385 e. The fraction of sp³-hybridized carbons (Fsp3) is 0.302. The smallest absolute Gasteiger partial charge is 0.0385 e. The van der Waals surface area contributed by atoms with E-state index < -0.39 is 0 Å². The average Bonchev–Trinajstić information content (AvgIpc) is 3.09. The summed E-state index contributed by atoms with van der Waals surface area (Å²) in [5, 5.41) is 6.61. The van der Waals surface area contributed by atoms with E-state index in [-0.39, 0.29) is 17.4 Å². The van der Waals surface area contributed by atoms with Gasteiger partial charge in [0.1, 0.15) is 0 Å². The van der Waals surface area contributed by atoms with Crippen molar-refractivity contribution in [1.29, 1.82) is 0 Å². The Labute approximate surface area is 269 Å². The Bertz CT molecular complexity index is 1810. The lowest BCUT2D eigenvalue weighted by molar-refractivity contribution is 0.255. The summed E-state index contributed by atoms with van der Waals surface area (Å²) >= 11 is 0. The zero-order valence-corrected chi connectivity index (χ0v) is 27.1. The number of likely N-dealkylation sites (N-methyl/N-ethyl adjacent to an activating group) is 2. The molecule has 3 aromatic carbocycles. The Morgan fingerprint density at radius 3 is 2.44 bits per heavy atom. The van der Waals surface area contributed by atoms with Crippen molar-refractivity contribution in [3.8, 4) is 0 Å². The summed E-state index contributed by atoms with van der Waals surface area (Å²) in [6.07, 6.45) is 30.9. The predicted molar refractivity (Wildman–Crippen MR) is 194 cm³/mol. The van der Waals surface area contributed by atoms with Gasteiger partial charge in [-0.05, 0) is 101 Å². The SMILES string of the molecule is C=C(CN(C)C1C=CC=CC1)C(NC)C1(C)C=CC=CC1c1ccccc1C1=Cc2c3c(c4ccccc4c2CC1)CCC=C3. The third kappa shape index (κ3) is 5.35. The molecule has 2 nitrogen and oxygen atoms in total. The number of aryl methyl sites for hydroxylation is 2. The Balaban J connectivity index is 1.26. The van der Waals surface area contributed by atoms with Crippen LogP contribution in [0.3, 0.4) is 0 Å². The highest BCUT2D eigenvalue weighted by Gasteiger charge is 2.42. The van der Waals surface area contributed by atoms with E-state index >= 15 is 0 Å². The number of benzene rings is 3. The molecule has 2 heteroatoms. The van der Waals surface area contributed by atoms with Crippen molar-refractivity contribution in [2.45, 2.75) is 57.0 Å². The summed E-state index contributed by atoms with van der Waals surface area (Å²) in [7, 11) is 4.32. The molecule has 4 unspecified atom stereocenters. The minimum atomic E-state index is -0.176. The van der Waals surface area contributed by atoms with Crippen molar-refractivity contribution >= 4 is 28.5 Å². The van der Waals surface area contributed by atoms with Gasteiger partial charge in [-0.15, -0.1) is 0 Å². The molecule has 0 saturated carbocycles. The molecule has 1 N–H and O–H groups in total. The van der Waals surface area contributed by atoms with Crippen LogP contribution in [0.1, 0.15) is 65.5 Å². The lowest BCUT2D eigenvalue weighted by Gasteiger charge is -2.44. The summed E-state index contributed by atoms with van der Waals surface area (Å²) in [5.74, 6) is 0.212. The molecule has 0 radical (unpaired) electrons. The zero-order chi connectivity index (χ0) is 31.0. The summed E-state index contributed by atoms with van der Waals surface area (Å²) in [6, 6.07) is 18.8. The largest absolute Gasteiger partial charge is 0.312 e. The summed E-state index contributed by atoms with van der Waals surface area (Å²) in [5.41, 5.74) is 11.2. The van der Waals surface area contributed by atoms with Gasteiger partial charge >= 0.3 is 0 Å². The van der Waals surface area contributed by atoms with Gasteiger partial charge in [0.2, 0.25) is 0 Å². The molecule has 3 aromatic rings. The van der Waals surface area contributed by atoms with Crippen molar-refractivity contribution in [2.24, 2.45) is 5.41 Å². The summed E-state index contributed by atoms with van der Waals surface area (Å²) < 4.78 is 0. The molecule has 0 heterocycles. The number of fused-ring (bicyclic) bond motifs is 6. The molecular formula is C43H46N2. The molecular weight excluding hydrogens is 544 g/mol. The van der Waals surface area contributed by atoms with Gasteiger partial charge in [-0.3, -0.25) is 4.90 Å². The predicted octanol–water partition coefficient (Wildman–Crippen LogP) is 9.46. The van der Waals surface area contributed by atoms with Gasteiger partial charge in [-0.2, -0.15) is 0 Å². The fourth-order valence-corrected chi connectivity index (χ4v) is 8.57.